The summed E-state index contributed by atoms with van der Waals surface area (Å²) in [5.41, 5.74) is 3.48. The summed E-state index contributed by atoms with van der Waals surface area (Å²) < 4.78 is 0. The van der Waals surface area contributed by atoms with Crippen molar-refractivity contribution in [3.05, 3.63) is 0 Å². The Kier molecular flexibility index (Phi) is 28.9. The zero-order valence-corrected chi connectivity index (χ0v) is 22.9. The van der Waals surface area contributed by atoms with Crippen LogP contribution >= 0.6 is 17.8 Å². The number of halogens is 2. The fraction of sp³-hybridized carbons (Fsp3) is 1.00. The average molecular weight is 465 g/mol. The zero-order valence-electron chi connectivity index (χ0n) is 17.6. The smallest absolute Gasteiger partial charge is 1.00 e. The normalized spacial score (nSPS) is 18.8. The summed E-state index contributed by atoms with van der Waals surface area (Å²) >= 11 is 0. The van der Waals surface area contributed by atoms with Gasteiger partial charge in [-0.2, -0.15) is 0 Å². The SMILES string of the molecule is CC(C)P.CCCCC1(CCCC)CCCC(PC(C)C)C1.[Cl-].[Cl-].[Ti+2]. The van der Waals surface area contributed by atoms with E-state index in [1.807, 2.05) is 0 Å². The molecule has 0 N–H and O–H groups in total. The molecule has 25 heavy (non-hydrogen) atoms. The molecule has 1 saturated carbocycles. The van der Waals surface area contributed by atoms with Crippen LogP contribution in [0.3, 0.4) is 0 Å². The summed E-state index contributed by atoms with van der Waals surface area (Å²) in [4.78, 5) is 0. The van der Waals surface area contributed by atoms with Crippen LogP contribution in [0, 0.1) is 5.41 Å². The van der Waals surface area contributed by atoms with Crippen molar-refractivity contribution in [2.24, 2.45) is 5.41 Å². The molecule has 0 aromatic heterocycles. The van der Waals surface area contributed by atoms with Crippen LogP contribution < -0.4 is 24.8 Å². The summed E-state index contributed by atoms with van der Waals surface area (Å²) in [6.45, 7) is 13.8. The van der Waals surface area contributed by atoms with Crippen LogP contribution in [0.15, 0.2) is 0 Å². The number of hydrogen-bond donors (Lipinski definition) is 0. The molecule has 1 fully saturated rings. The molecule has 0 aromatic carbocycles. The van der Waals surface area contributed by atoms with Gasteiger partial charge in [-0.05, 0) is 54.5 Å². The second kappa shape index (κ2) is 20.9. The summed E-state index contributed by atoms with van der Waals surface area (Å²) in [6.07, 6.45) is 14.8. The van der Waals surface area contributed by atoms with Crippen molar-refractivity contribution in [3.63, 3.8) is 0 Å². The monoisotopic (exact) mass is 464 g/mol. The van der Waals surface area contributed by atoms with Crippen molar-refractivity contribution in [2.75, 3.05) is 0 Å². The van der Waals surface area contributed by atoms with Crippen LogP contribution in [0.25, 0.3) is 0 Å². The summed E-state index contributed by atoms with van der Waals surface area (Å²) in [5, 5.41) is 0. The van der Waals surface area contributed by atoms with Crippen LogP contribution in [-0.2, 0) is 21.7 Å². The van der Waals surface area contributed by atoms with Crippen molar-refractivity contribution in [1.29, 1.82) is 0 Å². The number of hydrogen-bond acceptors (Lipinski definition) is 0. The van der Waals surface area contributed by atoms with E-state index in [1.165, 1.54) is 66.4 Å². The molecule has 0 aromatic rings. The molecule has 1 aliphatic carbocycles. The van der Waals surface area contributed by atoms with E-state index in [2.05, 4.69) is 50.8 Å². The zero-order chi connectivity index (χ0) is 17.0. The first kappa shape index (κ1) is 34.6. The molecule has 5 heteroatoms. The van der Waals surface area contributed by atoms with Crippen molar-refractivity contribution in [1.82, 2.24) is 0 Å². The Morgan fingerprint density at radius 2 is 1.44 bits per heavy atom. The quantitative estimate of drug-likeness (QED) is 0.378. The van der Waals surface area contributed by atoms with Gasteiger partial charge in [-0.1, -0.05) is 73.6 Å². The van der Waals surface area contributed by atoms with E-state index in [4.69, 9.17) is 0 Å². The van der Waals surface area contributed by atoms with Crippen LogP contribution in [0.2, 0.25) is 0 Å². The summed E-state index contributed by atoms with van der Waals surface area (Å²) in [7, 11) is 3.87. The van der Waals surface area contributed by atoms with Crippen LogP contribution in [0.4, 0.5) is 0 Å². The van der Waals surface area contributed by atoms with Gasteiger partial charge >= 0.3 is 21.7 Å². The van der Waals surface area contributed by atoms with Gasteiger partial charge in [0, 0.05) is 0 Å². The average Bonchev–Trinajstić information content (AvgIpc) is 2.42. The largest absolute Gasteiger partial charge is 2.00 e. The van der Waals surface area contributed by atoms with Gasteiger partial charge in [-0.25, -0.2) is 0 Å². The van der Waals surface area contributed by atoms with Crippen LogP contribution in [-0.4, -0.2) is 17.0 Å². The minimum absolute atomic E-state index is 0. The predicted octanol–water partition coefficient (Wildman–Crippen LogP) is 1.66. The molecule has 0 aliphatic heterocycles. The van der Waals surface area contributed by atoms with Gasteiger partial charge in [-0.3, -0.25) is 0 Å². The van der Waals surface area contributed by atoms with E-state index < -0.39 is 0 Å². The van der Waals surface area contributed by atoms with E-state index in [0.717, 1.165) is 22.4 Å². The molecule has 1 rings (SSSR count). The van der Waals surface area contributed by atoms with Crippen molar-refractivity contribution < 1.29 is 46.5 Å². The Labute approximate surface area is 191 Å². The molecule has 1 aliphatic rings. The van der Waals surface area contributed by atoms with Gasteiger partial charge in [0.1, 0.15) is 0 Å². The van der Waals surface area contributed by atoms with Gasteiger partial charge < -0.3 is 24.8 Å². The Hall–Kier alpha value is 2.15. The van der Waals surface area contributed by atoms with Crippen molar-refractivity contribution in [2.45, 2.75) is 123 Å². The third kappa shape index (κ3) is 19.3. The molecule has 3 atom stereocenters. The summed E-state index contributed by atoms with van der Waals surface area (Å²) in [5.74, 6) is 0. The molecular weight excluding hydrogens is 421 g/mol. The van der Waals surface area contributed by atoms with Crippen molar-refractivity contribution >= 4 is 17.8 Å². The first-order valence-electron chi connectivity index (χ1n) is 9.87. The first-order valence-corrected chi connectivity index (χ1v) is 11.7. The first-order chi connectivity index (χ1) is 10.3. The van der Waals surface area contributed by atoms with Gasteiger partial charge in [-0.15, -0.1) is 17.8 Å². The third-order valence-electron chi connectivity index (χ3n) is 4.63. The molecule has 0 saturated heterocycles. The molecule has 0 radical (unpaired) electrons. The molecule has 3 unspecified atom stereocenters. The summed E-state index contributed by atoms with van der Waals surface area (Å²) in [6, 6.07) is 0. The van der Waals surface area contributed by atoms with Gasteiger partial charge in [0.25, 0.3) is 0 Å². The van der Waals surface area contributed by atoms with Gasteiger partial charge in [0.2, 0.25) is 0 Å². The molecule has 0 heterocycles. The number of rotatable bonds is 8. The van der Waals surface area contributed by atoms with E-state index in [1.54, 1.807) is 6.42 Å². The maximum Gasteiger partial charge on any atom is 2.00 e. The van der Waals surface area contributed by atoms with Crippen LogP contribution in [0.1, 0.15) is 106 Å². The van der Waals surface area contributed by atoms with Gasteiger partial charge in [0.15, 0.2) is 0 Å². The molecule has 152 valence electrons. The second-order valence-corrected chi connectivity index (χ2v) is 11.7. The topological polar surface area (TPSA) is 0 Å². The molecule has 0 amide bonds. The van der Waals surface area contributed by atoms with Crippen molar-refractivity contribution in [3.8, 4) is 0 Å². The fourth-order valence-electron chi connectivity index (χ4n) is 3.75. The Bertz CT molecular complexity index is 253. The number of unbranched alkanes of at least 4 members (excludes halogenated alkanes) is 2. The Balaban J connectivity index is -0.000000285. The van der Waals surface area contributed by atoms with E-state index in [9.17, 15) is 0 Å². The third-order valence-corrected chi connectivity index (χ3v) is 6.26. The van der Waals surface area contributed by atoms with E-state index >= 15 is 0 Å². The molecular formula is C20H44Cl2P2Ti. The Morgan fingerprint density at radius 1 is 1.00 bits per heavy atom. The molecule has 0 bridgehead atoms. The maximum absolute atomic E-state index is 2.66. The minimum atomic E-state index is 0. The fourth-order valence-corrected chi connectivity index (χ4v) is 5.61. The molecule has 0 spiro atoms. The minimum Gasteiger partial charge on any atom is -1.00 e. The predicted molar refractivity (Wildman–Crippen MR) is 112 cm³/mol. The molecule has 0 nitrogen and oxygen atoms in total. The maximum atomic E-state index is 2.66. The van der Waals surface area contributed by atoms with Crippen LogP contribution in [0.5, 0.6) is 0 Å². The second-order valence-electron chi connectivity index (χ2n) is 8.07. The van der Waals surface area contributed by atoms with E-state index in [0.29, 0.717) is 0 Å². The van der Waals surface area contributed by atoms with E-state index in [-0.39, 0.29) is 46.5 Å². The Morgan fingerprint density at radius 3 is 1.80 bits per heavy atom. The van der Waals surface area contributed by atoms with Gasteiger partial charge in [0.05, 0.1) is 0 Å². The standard InChI is InChI=1S/C17H35P.C3H9P.2ClH.Ti/c1-5-7-11-17(12-8-6-2)13-9-10-16(14-17)18-15(3)4;1-3(2)4;;;/h15-16,18H,5-14H2,1-4H3;3H,4H2,1-2H3;2*1H;/q;;;;+2/p-2.